The number of hydrogen-bond acceptors (Lipinski definition) is 7. The van der Waals surface area contributed by atoms with Gasteiger partial charge in [-0.3, -0.25) is 4.79 Å². The van der Waals surface area contributed by atoms with Crippen LogP contribution >= 0.6 is 0 Å². The zero-order chi connectivity index (χ0) is 21.7. The van der Waals surface area contributed by atoms with E-state index in [1.54, 1.807) is 0 Å². The monoisotopic (exact) mass is 408 g/mol. The van der Waals surface area contributed by atoms with Crippen LogP contribution in [-0.4, -0.2) is 40.1 Å². The molecule has 4 N–H and O–H groups in total. The lowest BCUT2D eigenvalue weighted by Gasteiger charge is -2.12. The number of fused-ring (bicyclic) bond motifs is 1. The highest BCUT2D eigenvalue weighted by Gasteiger charge is 2.11. The molecule has 0 bridgehead atoms. The molecule has 0 aliphatic carbocycles. The van der Waals surface area contributed by atoms with Gasteiger partial charge in [0.1, 0.15) is 5.52 Å². The molecule has 8 heteroatoms. The van der Waals surface area contributed by atoms with Crippen molar-refractivity contribution in [2.24, 2.45) is 5.92 Å². The molecule has 2 aromatic heterocycles. The van der Waals surface area contributed by atoms with Gasteiger partial charge in [-0.15, -0.1) is 0 Å². The second-order valence-electron chi connectivity index (χ2n) is 7.56. The van der Waals surface area contributed by atoms with Crippen molar-refractivity contribution in [1.29, 1.82) is 0 Å². The Labute approximate surface area is 176 Å². The minimum Gasteiger partial charge on any atom is -0.377 e. The van der Waals surface area contributed by atoms with Crippen molar-refractivity contribution in [2.75, 3.05) is 29.5 Å². The van der Waals surface area contributed by atoms with Gasteiger partial charge < -0.3 is 21.1 Å². The van der Waals surface area contributed by atoms with Gasteiger partial charge in [-0.05, 0) is 38.1 Å². The molecule has 3 rings (SSSR count). The number of aromatic nitrogens is 3. The van der Waals surface area contributed by atoms with Crippen molar-refractivity contribution in [3.05, 3.63) is 36.4 Å². The Morgan fingerprint density at radius 3 is 2.43 bits per heavy atom. The predicted octanol–water partition coefficient (Wildman–Crippen LogP) is 3.71. The summed E-state index contributed by atoms with van der Waals surface area (Å²) in [5, 5.41) is 6.12. The molecule has 0 unspecified atom stereocenters. The number of carbonyl (C=O) groups is 1. The van der Waals surface area contributed by atoms with E-state index in [-0.39, 0.29) is 23.9 Å². The molecule has 0 spiro atoms. The molecule has 0 radical (unpaired) electrons. The first-order valence-corrected chi connectivity index (χ1v) is 10.0. The minimum atomic E-state index is -0.0730. The number of nitrogens with one attached hydrogen (secondary N) is 2. The van der Waals surface area contributed by atoms with Gasteiger partial charge >= 0.3 is 0 Å². The Morgan fingerprint density at radius 2 is 1.77 bits per heavy atom. The topological polar surface area (TPSA) is 115 Å². The van der Waals surface area contributed by atoms with E-state index in [0.29, 0.717) is 30.0 Å². The highest BCUT2D eigenvalue weighted by atomic mass is 16.5. The van der Waals surface area contributed by atoms with E-state index >= 15 is 0 Å². The summed E-state index contributed by atoms with van der Waals surface area (Å²) in [4.78, 5) is 25.2. The molecule has 0 aliphatic rings. The molecule has 0 saturated heterocycles. The first-order chi connectivity index (χ1) is 14.3. The molecule has 30 heavy (non-hydrogen) atoms. The Kier molecular flexibility index (Phi) is 6.79. The van der Waals surface area contributed by atoms with Gasteiger partial charge in [0.2, 0.25) is 11.9 Å². The molecule has 0 atom stereocenters. The minimum absolute atomic E-state index is 0.0153. The summed E-state index contributed by atoms with van der Waals surface area (Å²) < 4.78 is 5.56. The number of anilines is 3. The average molecular weight is 409 g/mol. The summed E-state index contributed by atoms with van der Waals surface area (Å²) >= 11 is 0. The third-order valence-corrected chi connectivity index (χ3v) is 4.38. The van der Waals surface area contributed by atoms with E-state index in [1.807, 2.05) is 64.1 Å². The molecule has 1 amide bonds. The van der Waals surface area contributed by atoms with Gasteiger partial charge in [0.05, 0.1) is 23.9 Å². The molecule has 1 aromatic carbocycles. The third kappa shape index (κ3) is 5.42. The predicted molar refractivity (Wildman–Crippen MR) is 120 cm³/mol. The Hall–Kier alpha value is -3.26. The largest absolute Gasteiger partial charge is 0.377 e. The number of carbonyl (C=O) groups excluding carboxylic acids is 1. The number of hydrogen-bond donors (Lipinski definition) is 3. The summed E-state index contributed by atoms with van der Waals surface area (Å²) in [5.74, 6) is 0.678. The molecular formula is C22H28N6O2. The van der Waals surface area contributed by atoms with Crippen molar-refractivity contribution in [3.8, 4) is 11.3 Å². The van der Waals surface area contributed by atoms with Gasteiger partial charge in [0, 0.05) is 23.7 Å². The smallest absolute Gasteiger partial charge is 0.226 e. The molecule has 158 valence electrons. The van der Waals surface area contributed by atoms with Crippen molar-refractivity contribution in [2.45, 2.75) is 33.8 Å². The lowest BCUT2D eigenvalue weighted by atomic mass is 10.1. The molecule has 0 aliphatic heterocycles. The molecule has 3 aromatic rings. The number of rotatable bonds is 8. The van der Waals surface area contributed by atoms with Crippen molar-refractivity contribution >= 4 is 34.4 Å². The molecule has 0 fully saturated rings. The quantitative estimate of drug-likeness (QED) is 0.487. The zero-order valence-corrected chi connectivity index (χ0v) is 17.8. The molecular weight excluding hydrogens is 380 g/mol. The van der Waals surface area contributed by atoms with Gasteiger partial charge in [-0.2, -0.15) is 4.98 Å². The van der Waals surface area contributed by atoms with Crippen LogP contribution in [0, 0.1) is 5.92 Å². The van der Waals surface area contributed by atoms with Crippen LogP contribution in [0.5, 0.6) is 0 Å². The van der Waals surface area contributed by atoms with Crippen LogP contribution in [-0.2, 0) is 9.53 Å². The zero-order valence-electron chi connectivity index (χ0n) is 17.8. The fourth-order valence-electron chi connectivity index (χ4n) is 2.79. The van der Waals surface area contributed by atoms with E-state index in [9.17, 15) is 4.79 Å². The normalized spacial score (nSPS) is 11.3. The van der Waals surface area contributed by atoms with Gasteiger partial charge in [0.15, 0.2) is 5.82 Å². The van der Waals surface area contributed by atoms with Gasteiger partial charge in [0.25, 0.3) is 0 Å². The Morgan fingerprint density at radius 1 is 1.03 bits per heavy atom. The van der Waals surface area contributed by atoms with Crippen LogP contribution in [0.1, 0.15) is 27.7 Å². The van der Waals surface area contributed by atoms with E-state index in [2.05, 4.69) is 20.6 Å². The van der Waals surface area contributed by atoms with Crippen molar-refractivity contribution in [1.82, 2.24) is 15.0 Å². The second kappa shape index (κ2) is 9.49. The van der Waals surface area contributed by atoms with Crippen LogP contribution < -0.4 is 16.4 Å². The second-order valence-corrected chi connectivity index (χ2v) is 7.56. The van der Waals surface area contributed by atoms with E-state index < -0.39 is 0 Å². The molecule has 8 nitrogen and oxygen atoms in total. The van der Waals surface area contributed by atoms with Crippen LogP contribution in [0.4, 0.5) is 17.5 Å². The van der Waals surface area contributed by atoms with Gasteiger partial charge in [-0.25, -0.2) is 9.97 Å². The summed E-state index contributed by atoms with van der Waals surface area (Å²) in [6.45, 7) is 8.83. The van der Waals surface area contributed by atoms with Gasteiger partial charge in [-0.1, -0.05) is 26.0 Å². The van der Waals surface area contributed by atoms with E-state index in [4.69, 9.17) is 15.5 Å². The molecule has 0 saturated carbocycles. The van der Waals surface area contributed by atoms with Crippen LogP contribution in [0.15, 0.2) is 36.4 Å². The van der Waals surface area contributed by atoms with Crippen LogP contribution in [0.25, 0.3) is 22.3 Å². The fraction of sp³-hybridized carbons (Fsp3) is 0.364. The third-order valence-electron chi connectivity index (χ3n) is 4.38. The van der Waals surface area contributed by atoms with E-state index in [0.717, 1.165) is 16.9 Å². The number of nitrogen functional groups attached to an aromatic ring is 1. The maximum atomic E-state index is 11.9. The van der Waals surface area contributed by atoms with E-state index in [1.165, 1.54) is 0 Å². The maximum absolute atomic E-state index is 11.9. The highest BCUT2D eigenvalue weighted by Crippen LogP contribution is 2.25. The Bertz CT molecular complexity index is 1020. The van der Waals surface area contributed by atoms with Crippen LogP contribution in [0.3, 0.4) is 0 Å². The lowest BCUT2D eigenvalue weighted by molar-refractivity contribution is -0.118. The summed E-state index contributed by atoms with van der Waals surface area (Å²) in [7, 11) is 0. The maximum Gasteiger partial charge on any atom is 0.226 e. The fourth-order valence-corrected chi connectivity index (χ4v) is 2.79. The van der Waals surface area contributed by atoms with Crippen molar-refractivity contribution in [3.63, 3.8) is 0 Å². The number of benzene rings is 1. The first-order valence-electron chi connectivity index (χ1n) is 10.0. The first kappa shape index (κ1) is 21.4. The SMILES string of the molecule is CC(C)OCCNc1nc(N)nc2ccc(-c3ccc(NC(=O)C(C)C)cc3)nc12. The summed E-state index contributed by atoms with van der Waals surface area (Å²) in [5.41, 5.74) is 9.61. The molecule has 2 heterocycles. The number of nitrogens with zero attached hydrogens (tertiary/aromatic N) is 3. The van der Waals surface area contributed by atoms with Crippen molar-refractivity contribution < 1.29 is 9.53 Å². The number of amides is 1. The summed E-state index contributed by atoms with van der Waals surface area (Å²) in [6, 6.07) is 11.3. The Balaban J connectivity index is 1.84. The lowest BCUT2D eigenvalue weighted by Crippen LogP contribution is -2.17. The summed E-state index contributed by atoms with van der Waals surface area (Å²) in [6.07, 6.45) is 0.164. The number of ether oxygens (including phenoxy) is 1. The van der Waals surface area contributed by atoms with Crippen LogP contribution in [0.2, 0.25) is 0 Å². The average Bonchev–Trinajstić information content (AvgIpc) is 2.71. The standard InChI is InChI=1S/C22H28N6O2/c1-13(2)21(29)25-16-7-5-15(6-8-16)17-9-10-18-19(26-17)20(28-22(23)27-18)24-11-12-30-14(3)4/h5-10,13-14H,11-12H2,1-4H3,(H,25,29)(H3,23,24,27,28). The number of nitrogens with two attached hydrogens (primary N) is 1. The highest BCUT2D eigenvalue weighted by molar-refractivity contribution is 5.92. The number of pyridine rings is 1.